The van der Waals surface area contributed by atoms with Gasteiger partial charge in [-0.1, -0.05) is 34.8 Å². The Balaban J connectivity index is 3.27. The highest BCUT2D eigenvalue weighted by atomic mass is 35.6. The molecule has 0 saturated heterocycles. The summed E-state index contributed by atoms with van der Waals surface area (Å²) < 4.78 is -1.69. The van der Waals surface area contributed by atoms with E-state index in [0.717, 1.165) is 0 Å². The van der Waals surface area contributed by atoms with E-state index >= 15 is 0 Å². The number of halogens is 3. The highest BCUT2D eigenvalue weighted by Gasteiger charge is 2.24. The third-order valence-corrected chi connectivity index (χ3v) is 2.20. The van der Waals surface area contributed by atoms with Crippen LogP contribution in [0, 0.1) is 0 Å². The number of H-pyrrole nitrogens is 1. The number of hydrogen-bond donors (Lipinski definition) is 1. The zero-order chi connectivity index (χ0) is 10.9. The third-order valence-electron chi connectivity index (χ3n) is 1.59. The number of alkyl halides is 3. The summed E-state index contributed by atoms with van der Waals surface area (Å²) in [6, 6.07) is 2.73. The fourth-order valence-corrected chi connectivity index (χ4v) is 1.25. The van der Waals surface area contributed by atoms with E-state index in [4.69, 9.17) is 34.8 Å². The van der Waals surface area contributed by atoms with Gasteiger partial charge in [-0.2, -0.15) is 0 Å². The molecule has 1 aromatic heterocycles. The van der Waals surface area contributed by atoms with E-state index in [9.17, 15) is 9.59 Å². The van der Waals surface area contributed by atoms with Crippen LogP contribution in [0.4, 0.5) is 0 Å². The lowest BCUT2D eigenvalue weighted by Crippen LogP contribution is -2.19. The van der Waals surface area contributed by atoms with Gasteiger partial charge in [-0.25, -0.2) is 0 Å². The van der Waals surface area contributed by atoms with Crippen molar-refractivity contribution in [3.63, 3.8) is 0 Å². The summed E-state index contributed by atoms with van der Waals surface area (Å²) in [5.74, 6) is -0.331. The lowest BCUT2D eigenvalue weighted by Gasteiger charge is -2.10. The van der Waals surface area contributed by atoms with Crippen LogP contribution in [0.5, 0.6) is 0 Å². The number of ketones is 1. The van der Waals surface area contributed by atoms with Gasteiger partial charge in [0.25, 0.3) is 5.56 Å². The molecular weight excluding hydrogens is 248 g/mol. The lowest BCUT2D eigenvalue weighted by atomic mass is 10.2. The Bertz CT molecular complexity index is 419. The van der Waals surface area contributed by atoms with Crippen LogP contribution in [0.3, 0.4) is 0 Å². The van der Waals surface area contributed by atoms with Gasteiger partial charge in [0, 0.05) is 0 Å². The molecule has 0 bridgehead atoms. The Hall–Kier alpha value is -0.510. The zero-order valence-electron chi connectivity index (χ0n) is 7.11. The predicted molar refractivity (Wildman–Crippen MR) is 56.3 cm³/mol. The number of nitrogens with one attached hydrogen (secondary N) is 1. The van der Waals surface area contributed by atoms with Crippen LogP contribution in [0.15, 0.2) is 16.9 Å². The van der Waals surface area contributed by atoms with Crippen LogP contribution in [0.1, 0.15) is 23.0 Å². The minimum absolute atomic E-state index is 0.0444. The van der Waals surface area contributed by atoms with E-state index in [-0.39, 0.29) is 17.0 Å². The second-order valence-electron chi connectivity index (χ2n) is 2.67. The van der Waals surface area contributed by atoms with Crippen molar-refractivity contribution in [1.82, 2.24) is 4.98 Å². The maximum Gasteiger partial charge on any atom is 0.259 e. The highest BCUT2D eigenvalue weighted by Crippen LogP contribution is 2.36. The van der Waals surface area contributed by atoms with E-state index in [1.54, 1.807) is 0 Å². The molecule has 0 saturated carbocycles. The molecule has 14 heavy (non-hydrogen) atoms. The van der Waals surface area contributed by atoms with Crippen LogP contribution >= 0.6 is 34.8 Å². The molecule has 0 aliphatic heterocycles. The van der Waals surface area contributed by atoms with E-state index < -0.39 is 9.35 Å². The fourth-order valence-electron chi connectivity index (χ4n) is 0.916. The number of pyridine rings is 1. The van der Waals surface area contributed by atoms with Crippen molar-refractivity contribution >= 4 is 40.6 Å². The van der Waals surface area contributed by atoms with Gasteiger partial charge in [0.05, 0.1) is 11.3 Å². The Morgan fingerprint density at radius 3 is 2.29 bits per heavy atom. The molecule has 0 fully saturated rings. The second kappa shape index (κ2) is 3.93. The van der Waals surface area contributed by atoms with E-state index in [2.05, 4.69) is 4.98 Å². The maximum absolute atomic E-state index is 11.3. The number of aromatic amines is 1. The number of Topliss-reactive ketones (excluding diaryl/α,β-unsaturated/α-hetero) is 1. The van der Waals surface area contributed by atoms with Gasteiger partial charge < -0.3 is 4.98 Å². The summed E-state index contributed by atoms with van der Waals surface area (Å²) in [7, 11) is 0. The quantitative estimate of drug-likeness (QED) is 0.618. The average Bonchev–Trinajstić information content (AvgIpc) is 2.01. The summed E-state index contributed by atoms with van der Waals surface area (Å²) in [5, 5.41) is 0. The molecule has 0 spiro atoms. The van der Waals surface area contributed by atoms with Crippen molar-refractivity contribution in [3.05, 3.63) is 33.7 Å². The average molecular weight is 254 g/mol. The minimum Gasteiger partial charge on any atom is -0.322 e. The van der Waals surface area contributed by atoms with Crippen LogP contribution in [0.25, 0.3) is 0 Å². The topological polar surface area (TPSA) is 49.9 Å². The number of carbonyl (C=O) groups excluding carboxylic acids is 1. The normalized spacial score (nSPS) is 11.4. The molecule has 3 nitrogen and oxygen atoms in total. The Kier molecular flexibility index (Phi) is 3.24. The standard InChI is InChI=1S/C8H6Cl3NO2/c1-4(13)5-2-3-6(8(9,10)11)12-7(5)14/h2-3H,1H3,(H,12,14). The van der Waals surface area contributed by atoms with Crippen molar-refractivity contribution in [2.45, 2.75) is 10.7 Å². The van der Waals surface area contributed by atoms with Crippen molar-refractivity contribution < 1.29 is 4.79 Å². The largest absolute Gasteiger partial charge is 0.322 e. The molecule has 0 atom stereocenters. The molecule has 0 unspecified atom stereocenters. The molecule has 1 rings (SSSR count). The first-order valence-corrected chi connectivity index (χ1v) is 4.77. The first-order valence-electron chi connectivity index (χ1n) is 3.64. The molecule has 1 heterocycles. The fraction of sp³-hybridized carbons (Fsp3) is 0.250. The molecular formula is C8H6Cl3NO2. The number of rotatable bonds is 1. The van der Waals surface area contributed by atoms with Gasteiger partial charge in [0.15, 0.2) is 5.78 Å². The van der Waals surface area contributed by atoms with Crippen LogP contribution in [0.2, 0.25) is 0 Å². The summed E-state index contributed by atoms with van der Waals surface area (Å²) in [6.45, 7) is 1.29. The molecule has 0 radical (unpaired) electrons. The van der Waals surface area contributed by atoms with Crippen molar-refractivity contribution in [2.24, 2.45) is 0 Å². The highest BCUT2D eigenvalue weighted by molar-refractivity contribution is 6.66. The predicted octanol–water partition coefficient (Wildman–Crippen LogP) is 2.40. The molecule has 0 aliphatic carbocycles. The van der Waals surface area contributed by atoms with Gasteiger partial charge in [-0.15, -0.1) is 0 Å². The summed E-state index contributed by atoms with van der Waals surface area (Å²) in [5.41, 5.74) is -0.373. The molecule has 6 heteroatoms. The van der Waals surface area contributed by atoms with Gasteiger partial charge in [-0.05, 0) is 19.1 Å². The van der Waals surface area contributed by atoms with Gasteiger partial charge in [0.2, 0.25) is 3.79 Å². The smallest absolute Gasteiger partial charge is 0.259 e. The van der Waals surface area contributed by atoms with Crippen molar-refractivity contribution in [3.8, 4) is 0 Å². The zero-order valence-corrected chi connectivity index (χ0v) is 9.37. The monoisotopic (exact) mass is 253 g/mol. The molecule has 76 valence electrons. The third kappa shape index (κ3) is 2.50. The Morgan fingerprint density at radius 1 is 1.36 bits per heavy atom. The molecule has 0 aromatic carbocycles. The minimum atomic E-state index is -1.69. The van der Waals surface area contributed by atoms with Crippen LogP contribution < -0.4 is 5.56 Å². The number of carbonyl (C=O) groups is 1. The maximum atomic E-state index is 11.3. The van der Waals surface area contributed by atoms with Gasteiger partial charge in [0.1, 0.15) is 0 Å². The van der Waals surface area contributed by atoms with E-state index in [0.29, 0.717) is 0 Å². The summed E-state index contributed by atoms with van der Waals surface area (Å²) >= 11 is 16.6. The molecule has 0 amide bonds. The van der Waals surface area contributed by atoms with Gasteiger partial charge >= 0.3 is 0 Å². The SMILES string of the molecule is CC(=O)c1ccc(C(Cl)(Cl)Cl)[nH]c1=O. The second-order valence-corrected chi connectivity index (χ2v) is 4.95. The Morgan fingerprint density at radius 2 is 1.93 bits per heavy atom. The van der Waals surface area contributed by atoms with Crippen LogP contribution in [-0.4, -0.2) is 10.8 Å². The van der Waals surface area contributed by atoms with Crippen molar-refractivity contribution in [1.29, 1.82) is 0 Å². The van der Waals surface area contributed by atoms with Crippen LogP contribution in [-0.2, 0) is 3.79 Å². The van der Waals surface area contributed by atoms with E-state index in [1.807, 2.05) is 0 Å². The molecule has 1 N–H and O–H groups in total. The summed E-state index contributed by atoms with van der Waals surface area (Å²) in [4.78, 5) is 24.5. The van der Waals surface area contributed by atoms with Gasteiger partial charge in [-0.3, -0.25) is 9.59 Å². The molecule has 0 aliphatic rings. The van der Waals surface area contributed by atoms with E-state index in [1.165, 1.54) is 19.1 Å². The summed E-state index contributed by atoms with van der Waals surface area (Å²) in [6.07, 6.45) is 0. The van der Waals surface area contributed by atoms with Crippen molar-refractivity contribution in [2.75, 3.05) is 0 Å². The number of hydrogen-bond acceptors (Lipinski definition) is 2. The molecule has 1 aromatic rings. The first-order chi connectivity index (χ1) is 6.32. The first kappa shape index (κ1) is 11.6. The Labute approximate surface area is 95.0 Å². The number of aromatic nitrogens is 1. The lowest BCUT2D eigenvalue weighted by molar-refractivity contribution is 0.101.